The number of fused-ring (bicyclic) bond motifs is 4. The molecule has 2 fully saturated rings. The monoisotopic (exact) mass is 1010 g/mol. The van der Waals surface area contributed by atoms with Crippen LogP contribution in [-0.4, -0.2) is 175 Å². The summed E-state index contributed by atoms with van der Waals surface area (Å²) in [7, 11) is 5.97. The first-order valence-electron chi connectivity index (χ1n) is 24.8. The number of pyridine rings is 1. The molecule has 0 N–H and O–H groups in total. The molecule has 3 aromatic rings. The number of aliphatic imine (C=N–C) groups is 2. The number of rotatable bonds is 28. The lowest BCUT2D eigenvalue weighted by Crippen LogP contribution is -2.36. The molecule has 73 heavy (non-hydrogen) atoms. The van der Waals surface area contributed by atoms with Crippen molar-refractivity contribution >= 4 is 47.5 Å². The number of benzene rings is 2. The molecular weight excluding hydrogens is 945 g/mol. The molecule has 0 saturated carbocycles. The zero-order valence-electron chi connectivity index (χ0n) is 42.8. The molecule has 0 aliphatic carbocycles. The Morgan fingerprint density at radius 3 is 1.86 bits per heavy atom. The molecule has 3 amide bonds. The number of carbonyl (C=O) groups excluding carboxylic acids is 4. The topological polar surface area (TPSA) is 208 Å². The molecule has 20 nitrogen and oxygen atoms in total. The molecule has 20 heteroatoms. The van der Waals surface area contributed by atoms with Gasteiger partial charge in [-0.2, -0.15) is 0 Å². The van der Waals surface area contributed by atoms with E-state index in [9.17, 15) is 19.2 Å². The lowest BCUT2D eigenvalue weighted by Gasteiger charge is -2.23. The molecule has 4 aliphatic heterocycles. The number of amides is 3. The molecule has 394 valence electrons. The highest BCUT2D eigenvalue weighted by atomic mass is 16.6. The Kier molecular flexibility index (Phi) is 20.0. The van der Waals surface area contributed by atoms with Crippen LogP contribution in [0, 0.1) is 5.92 Å². The fourth-order valence-electron chi connectivity index (χ4n) is 8.95. The van der Waals surface area contributed by atoms with E-state index < -0.39 is 0 Å². The number of nitrogens with zero attached hydrogens (tertiary/aromatic N) is 6. The first kappa shape index (κ1) is 54.2. The van der Waals surface area contributed by atoms with Crippen LogP contribution in [-0.2, 0) is 46.5 Å². The summed E-state index contributed by atoms with van der Waals surface area (Å²) in [5, 5.41) is 0. The highest BCUT2D eigenvalue weighted by Crippen LogP contribution is 2.41. The third-order valence-electron chi connectivity index (χ3n) is 12.8. The highest BCUT2D eigenvalue weighted by molar-refractivity contribution is 6.04. The van der Waals surface area contributed by atoms with Gasteiger partial charge in [-0.3, -0.25) is 34.1 Å². The smallest absolute Gasteiger partial charge is 0.305 e. The minimum absolute atomic E-state index is 0.0415. The molecule has 4 aliphatic rings. The minimum Gasteiger partial charge on any atom is -0.493 e. The maximum atomic E-state index is 13.8. The van der Waals surface area contributed by atoms with Crippen molar-refractivity contribution < 1.29 is 66.5 Å². The van der Waals surface area contributed by atoms with Crippen LogP contribution in [0.3, 0.4) is 0 Å². The average molecular weight is 1010 g/mol. The average Bonchev–Trinajstić information content (AvgIpc) is 3.94. The molecule has 7 rings (SSSR count). The fraction of sp³-hybridized carbons (Fsp3) is 0.528. The van der Waals surface area contributed by atoms with Crippen LogP contribution >= 0.6 is 0 Å². The largest absolute Gasteiger partial charge is 0.493 e. The second kappa shape index (κ2) is 26.9. The van der Waals surface area contributed by atoms with Gasteiger partial charge >= 0.3 is 5.97 Å². The predicted octanol–water partition coefficient (Wildman–Crippen LogP) is 5.95. The number of hydrogen-bond acceptors (Lipinski definition) is 17. The SMILES string of the molecule is C/C=C1\C[C@H]2C=Nc3cc(OCc4cc(OCCN(CCCC(=O)OC)C(=O)CCOCCOCCOCCOC)cc(COc5cc6c(cc5OC)C(=O)N5CC(C)C[C@H]5C=N6)n4)c(OC)cc3C(=O)N2C1. The molecule has 0 spiro atoms. The summed E-state index contributed by atoms with van der Waals surface area (Å²) in [5.74, 6) is 1.44. The Bertz CT molecular complexity index is 2500. The van der Waals surface area contributed by atoms with Crippen molar-refractivity contribution in [2.45, 2.75) is 71.2 Å². The standard InChI is InChI=1S/C53H68N6O14/c1-7-36-22-40-30-55-45-28-49(47(66-5)26-43(45)53(63)59(40)32-36)73-34-38-24-41(71-14-12-57(11-8-9-51(61)67-6)50(60)10-13-68-17-18-70-20-19-69-16-15-64-3)23-37(56-38)33-72-48-27-44-42(25-46(48)65-4)52(62)58-31-35(2)21-39(58)29-54-44/h7,23-30,35,39-40H,8-22,31-34H2,1-6H3/b36-7+/t35?,39-,40-/m0/s1. The van der Waals surface area contributed by atoms with Crippen LogP contribution in [0.4, 0.5) is 11.4 Å². The Morgan fingerprint density at radius 2 is 1.27 bits per heavy atom. The van der Waals surface area contributed by atoms with Crippen LogP contribution in [0.25, 0.3) is 0 Å². The quantitative estimate of drug-likeness (QED) is 0.0468. The maximum absolute atomic E-state index is 13.8. The molecule has 2 saturated heterocycles. The molecule has 5 heterocycles. The zero-order valence-corrected chi connectivity index (χ0v) is 42.8. The van der Waals surface area contributed by atoms with E-state index in [2.05, 4.69) is 6.92 Å². The van der Waals surface area contributed by atoms with Crippen LogP contribution in [0.2, 0.25) is 0 Å². The van der Waals surface area contributed by atoms with Crippen LogP contribution in [0.5, 0.6) is 28.7 Å². The number of methoxy groups -OCH3 is 4. The van der Waals surface area contributed by atoms with Gasteiger partial charge in [0.05, 0.1) is 127 Å². The summed E-state index contributed by atoms with van der Waals surface area (Å²) >= 11 is 0. The van der Waals surface area contributed by atoms with Crippen molar-refractivity contribution in [3.05, 3.63) is 70.6 Å². The summed E-state index contributed by atoms with van der Waals surface area (Å²) in [6.45, 7) is 8.51. The normalized spacial score (nSPS) is 18.2. The van der Waals surface area contributed by atoms with Gasteiger partial charge in [0.1, 0.15) is 25.6 Å². The predicted molar refractivity (Wildman–Crippen MR) is 269 cm³/mol. The summed E-state index contributed by atoms with van der Waals surface area (Å²) in [6, 6.07) is 9.96. The van der Waals surface area contributed by atoms with Crippen LogP contribution in [0.15, 0.2) is 58.0 Å². The van der Waals surface area contributed by atoms with Gasteiger partial charge in [-0.05, 0) is 44.2 Å². The third kappa shape index (κ3) is 14.5. The highest BCUT2D eigenvalue weighted by Gasteiger charge is 2.37. The minimum atomic E-state index is -0.370. The van der Waals surface area contributed by atoms with Gasteiger partial charge < -0.3 is 62.1 Å². The molecule has 3 atom stereocenters. The lowest BCUT2D eigenvalue weighted by molar-refractivity contribution is -0.141. The third-order valence-corrected chi connectivity index (χ3v) is 12.8. The van der Waals surface area contributed by atoms with E-state index in [1.54, 1.807) is 54.6 Å². The van der Waals surface area contributed by atoms with Crippen molar-refractivity contribution in [3.63, 3.8) is 0 Å². The van der Waals surface area contributed by atoms with E-state index in [0.717, 1.165) is 12.8 Å². The van der Waals surface area contributed by atoms with E-state index in [1.807, 2.05) is 29.0 Å². The van der Waals surface area contributed by atoms with Gasteiger partial charge in [0.25, 0.3) is 11.8 Å². The second-order valence-corrected chi connectivity index (χ2v) is 18.0. The Labute approximate surface area is 426 Å². The zero-order chi connectivity index (χ0) is 51.7. The van der Waals surface area contributed by atoms with Crippen molar-refractivity contribution in [1.29, 1.82) is 0 Å². The number of esters is 1. The van der Waals surface area contributed by atoms with Crippen molar-refractivity contribution in [3.8, 4) is 28.7 Å². The second-order valence-electron chi connectivity index (χ2n) is 18.0. The van der Waals surface area contributed by atoms with Gasteiger partial charge in [0.15, 0.2) is 23.0 Å². The van der Waals surface area contributed by atoms with Gasteiger partial charge in [0, 0.05) is 69.9 Å². The van der Waals surface area contributed by atoms with E-state index in [1.165, 1.54) is 26.9 Å². The Balaban J connectivity index is 1.06. The lowest BCUT2D eigenvalue weighted by atomic mass is 10.1. The first-order valence-corrected chi connectivity index (χ1v) is 24.8. The number of allylic oxidation sites excluding steroid dienone is 1. The van der Waals surface area contributed by atoms with Crippen LogP contribution in [0.1, 0.15) is 78.1 Å². The van der Waals surface area contributed by atoms with E-state index in [-0.39, 0.29) is 81.6 Å². The summed E-state index contributed by atoms with van der Waals surface area (Å²) in [4.78, 5) is 72.5. The Hall–Kier alpha value is -6.61. The van der Waals surface area contributed by atoms with Gasteiger partial charge in [-0.15, -0.1) is 0 Å². The number of hydrogen-bond donors (Lipinski definition) is 0. The summed E-state index contributed by atoms with van der Waals surface area (Å²) in [5.41, 5.74) is 3.91. The van der Waals surface area contributed by atoms with E-state index in [0.29, 0.717) is 134 Å². The van der Waals surface area contributed by atoms with E-state index >= 15 is 0 Å². The molecule has 0 radical (unpaired) electrons. The molecule has 1 unspecified atom stereocenters. The van der Waals surface area contributed by atoms with Gasteiger partial charge in [-0.25, -0.2) is 0 Å². The first-order chi connectivity index (χ1) is 35.5. The van der Waals surface area contributed by atoms with E-state index in [4.69, 9.17) is 62.3 Å². The van der Waals surface area contributed by atoms with Gasteiger partial charge in [-0.1, -0.05) is 18.6 Å². The maximum Gasteiger partial charge on any atom is 0.305 e. The number of aromatic nitrogens is 1. The Morgan fingerprint density at radius 1 is 0.685 bits per heavy atom. The van der Waals surface area contributed by atoms with Crippen molar-refractivity contribution in [2.24, 2.45) is 15.9 Å². The molecule has 2 aromatic carbocycles. The van der Waals surface area contributed by atoms with Crippen LogP contribution < -0.4 is 23.7 Å². The number of ether oxygens (including phenoxy) is 10. The summed E-state index contributed by atoms with van der Waals surface area (Å²) < 4.78 is 56.9. The molecule has 0 bridgehead atoms. The number of carbonyl (C=O) groups is 4. The summed E-state index contributed by atoms with van der Waals surface area (Å²) in [6.07, 6.45) is 7.89. The molecular formula is C53H68N6O14. The van der Waals surface area contributed by atoms with Crippen molar-refractivity contribution in [1.82, 2.24) is 19.7 Å². The molecule has 1 aromatic heterocycles. The van der Waals surface area contributed by atoms with Gasteiger partial charge in [0.2, 0.25) is 5.91 Å². The van der Waals surface area contributed by atoms with Crippen molar-refractivity contribution in [2.75, 3.05) is 107 Å². The fourth-order valence-corrected chi connectivity index (χ4v) is 8.95.